The van der Waals surface area contributed by atoms with E-state index in [2.05, 4.69) is 41.6 Å². The van der Waals surface area contributed by atoms with E-state index >= 15 is 0 Å². The molecule has 88 valence electrons. The number of hydrogen-bond acceptors (Lipinski definition) is 2. The highest BCUT2D eigenvalue weighted by atomic mass is 79.9. The molecule has 0 aromatic heterocycles. The molecular weight excluding hydrogens is 266 g/mol. The van der Waals surface area contributed by atoms with Gasteiger partial charge in [0, 0.05) is 28.3 Å². The van der Waals surface area contributed by atoms with Crippen molar-refractivity contribution in [2.45, 2.75) is 33.2 Å². The van der Waals surface area contributed by atoms with Crippen molar-refractivity contribution < 1.29 is 4.79 Å². The van der Waals surface area contributed by atoms with Gasteiger partial charge in [-0.05, 0) is 54.4 Å². The molecule has 2 nitrogen and oxygen atoms in total. The summed E-state index contributed by atoms with van der Waals surface area (Å²) in [6.07, 6.45) is 1.98. The van der Waals surface area contributed by atoms with E-state index in [1.165, 1.54) is 0 Å². The maximum atomic E-state index is 10.7. The summed E-state index contributed by atoms with van der Waals surface area (Å²) in [6.45, 7) is 7.52. The molecule has 1 rings (SSSR count). The largest absolute Gasteiger partial charge is 0.369 e. The number of carbonyl (C=O) groups excluding carboxylic acids is 1. The predicted molar refractivity (Wildman–Crippen MR) is 72.3 cm³/mol. The van der Waals surface area contributed by atoms with Crippen molar-refractivity contribution in [3.63, 3.8) is 0 Å². The number of hydrogen-bond donors (Lipinski definition) is 0. The first-order valence-electron chi connectivity index (χ1n) is 5.65. The fourth-order valence-corrected chi connectivity index (χ4v) is 2.22. The van der Waals surface area contributed by atoms with Crippen LogP contribution in [0.4, 0.5) is 5.69 Å². The first-order chi connectivity index (χ1) is 7.63. The van der Waals surface area contributed by atoms with Gasteiger partial charge in [-0.25, -0.2) is 0 Å². The Labute approximate surface area is 106 Å². The molecule has 0 aliphatic rings. The summed E-state index contributed by atoms with van der Waals surface area (Å²) in [6, 6.07) is 6.39. The third-order valence-electron chi connectivity index (χ3n) is 2.91. The van der Waals surface area contributed by atoms with E-state index in [9.17, 15) is 4.79 Å². The summed E-state index contributed by atoms with van der Waals surface area (Å²) in [7, 11) is 0. The topological polar surface area (TPSA) is 20.3 Å². The summed E-state index contributed by atoms with van der Waals surface area (Å²) in [5.74, 6) is 0. The number of halogens is 1. The Balaban J connectivity index is 3.02. The van der Waals surface area contributed by atoms with Gasteiger partial charge >= 0.3 is 0 Å². The molecule has 1 atom stereocenters. The normalized spacial score (nSPS) is 12.2. The monoisotopic (exact) mass is 283 g/mol. The second-order valence-electron chi connectivity index (χ2n) is 3.87. The molecule has 0 N–H and O–H groups in total. The number of nitrogens with zero attached hydrogens (tertiary/aromatic N) is 1. The van der Waals surface area contributed by atoms with Crippen LogP contribution >= 0.6 is 15.9 Å². The van der Waals surface area contributed by atoms with Gasteiger partial charge in [0.2, 0.25) is 0 Å². The second-order valence-corrected chi connectivity index (χ2v) is 4.72. The highest BCUT2D eigenvalue weighted by molar-refractivity contribution is 9.10. The zero-order valence-electron chi connectivity index (χ0n) is 10.0. The molecule has 1 aromatic carbocycles. The third kappa shape index (κ3) is 2.85. The van der Waals surface area contributed by atoms with Crippen molar-refractivity contribution >= 4 is 27.9 Å². The molecular formula is C13H18BrNO. The van der Waals surface area contributed by atoms with Gasteiger partial charge in [0.15, 0.2) is 6.29 Å². The molecule has 1 aromatic rings. The molecule has 1 unspecified atom stereocenters. The molecule has 0 heterocycles. The Morgan fingerprint density at radius 2 is 2.12 bits per heavy atom. The maximum absolute atomic E-state index is 10.7. The average molecular weight is 284 g/mol. The van der Waals surface area contributed by atoms with E-state index in [0.29, 0.717) is 11.6 Å². The van der Waals surface area contributed by atoms with Crippen molar-refractivity contribution in [2.75, 3.05) is 11.4 Å². The molecule has 0 aliphatic carbocycles. The quantitative estimate of drug-likeness (QED) is 0.765. The number of rotatable bonds is 5. The summed E-state index contributed by atoms with van der Waals surface area (Å²) < 4.78 is 0.863. The molecule has 0 bridgehead atoms. The minimum Gasteiger partial charge on any atom is -0.369 e. The van der Waals surface area contributed by atoms with Gasteiger partial charge in [0.25, 0.3) is 0 Å². The van der Waals surface area contributed by atoms with Crippen molar-refractivity contribution in [3.8, 4) is 0 Å². The molecule has 0 fully saturated rings. The Bertz CT molecular complexity index is 365. The number of carbonyl (C=O) groups is 1. The van der Waals surface area contributed by atoms with Gasteiger partial charge in [0.05, 0.1) is 0 Å². The predicted octanol–water partition coefficient (Wildman–Crippen LogP) is 3.89. The lowest BCUT2D eigenvalue weighted by atomic mass is 10.1. The summed E-state index contributed by atoms with van der Waals surface area (Å²) in [5, 5.41) is 0. The van der Waals surface area contributed by atoms with E-state index in [4.69, 9.17) is 0 Å². The molecule has 16 heavy (non-hydrogen) atoms. The fraction of sp³-hybridized carbons (Fsp3) is 0.462. The van der Waals surface area contributed by atoms with Crippen LogP contribution < -0.4 is 4.90 Å². The van der Waals surface area contributed by atoms with E-state index in [0.717, 1.165) is 29.4 Å². The highest BCUT2D eigenvalue weighted by Gasteiger charge is 2.11. The standard InChI is InChI=1S/C13H18BrNO/c1-4-10(3)15(5-2)12-7-6-11(9-16)13(14)8-12/h6-10H,4-5H2,1-3H3. The lowest BCUT2D eigenvalue weighted by molar-refractivity contribution is 0.112. The molecule has 3 heteroatoms. The number of aldehydes is 1. The Morgan fingerprint density at radius 1 is 1.44 bits per heavy atom. The molecule has 0 aliphatic heterocycles. The van der Waals surface area contributed by atoms with Crippen molar-refractivity contribution in [3.05, 3.63) is 28.2 Å². The van der Waals surface area contributed by atoms with E-state index < -0.39 is 0 Å². The zero-order valence-corrected chi connectivity index (χ0v) is 11.6. The summed E-state index contributed by atoms with van der Waals surface area (Å²) in [4.78, 5) is 13.1. The summed E-state index contributed by atoms with van der Waals surface area (Å²) in [5.41, 5.74) is 1.86. The van der Waals surface area contributed by atoms with Crippen LogP contribution in [-0.2, 0) is 0 Å². The van der Waals surface area contributed by atoms with Crippen LogP contribution in [0.5, 0.6) is 0 Å². The smallest absolute Gasteiger partial charge is 0.151 e. The second kappa shape index (κ2) is 6.04. The van der Waals surface area contributed by atoms with Gasteiger partial charge in [-0.1, -0.05) is 6.92 Å². The van der Waals surface area contributed by atoms with E-state index in [1.807, 2.05) is 18.2 Å². The van der Waals surface area contributed by atoms with Gasteiger partial charge in [-0.15, -0.1) is 0 Å². The van der Waals surface area contributed by atoms with Gasteiger partial charge < -0.3 is 4.90 Å². The SMILES string of the molecule is CCC(C)N(CC)c1ccc(C=O)c(Br)c1. The Kier molecular flexibility index (Phi) is 5.00. The highest BCUT2D eigenvalue weighted by Crippen LogP contribution is 2.25. The molecule has 0 saturated carbocycles. The lowest BCUT2D eigenvalue weighted by Gasteiger charge is -2.29. The molecule has 0 radical (unpaired) electrons. The molecule has 0 spiro atoms. The lowest BCUT2D eigenvalue weighted by Crippen LogP contribution is -2.32. The van der Waals surface area contributed by atoms with Gasteiger partial charge in [0.1, 0.15) is 0 Å². The van der Waals surface area contributed by atoms with E-state index in [-0.39, 0.29) is 0 Å². The van der Waals surface area contributed by atoms with Crippen LogP contribution in [0.2, 0.25) is 0 Å². The third-order valence-corrected chi connectivity index (χ3v) is 3.59. The molecule has 0 amide bonds. The van der Waals surface area contributed by atoms with Gasteiger partial charge in [-0.2, -0.15) is 0 Å². The van der Waals surface area contributed by atoms with Gasteiger partial charge in [-0.3, -0.25) is 4.79 Å². The Morgan fingerprint density at radius 3 is 2.56 bits per heavy atom. The fourth-order valence-electron chi connectivity index (χ4n) is 1.76. The van der Waals surface area contributed by atoms with Crippen LogP contribution in [0.1, 0.15) is 37.6 Å². The van der Waals surface area contributed by atoms with Crippen LogP contribution in [-0.4, -0.2) is 18.9 Å². The minimum absolute atomic E-state index is 0.513. The van der Waals surface area contributed by atoms with Crippen molar-refractivity contribution in [1.29, 1.82) is 0 Å². The van der Waals surface area contributed by atoms with Crippen molar-refractivity contribution in [1.82, 2.24) is 0 Å². The first kappa shape index (κ1) is 13.2. The summed E-state index contributed by atoms with van der Waals surface area (Å²) >= 11 is 3.42. The zero-order chi connectivity index (χ0) is 12.1. The first-order valence-corrected chi connectivity index (χ1v) is 6.44. The van der Waals surface area contributed by atoms with Crippen LogP contribution in [0.15, 0.2) is 22.7 Å². The van der Waals surface area contributed by atoms with Crippen LogP contribution in [0.25, 0.3) is 0 Å². The van der Waals surface area contributed by atoms with E-state index in [1.54, 1.807) is 0 Å². The van der Waals surface area contributed by atoms with Crippen LogP contribution in [0.3, 0.4) is 0 Å². The number of anilines is 1. The maximum Gasteiger partial charge on any atom is 0.151 e. The van der Waals surface area contributed by atoms with Crippen molar-refractivity contribution in [2.24, 2.45) is 0 Å². The number of benzene rings is 1. The average Bonchev–Trinajstić information content (AvgIpc) is 2.30. The minimum atomic E-state index is 0.513. The Hall–Kier alpha value is -0.830. The molecule has 0 saturated heterocycles. The van der Waals surface area contributed by atoms with Crippen LogP contribution in [0, 0.1) is 0 Å².